The topological polar surface area (TPSA) is 9.23 Å². The number of halogens is 1. The molecule has 0 amide bonds. The summed E-state index contributed by atoms with van der Waals surface area (Å²) in [5, 5.41) is 0. The van der Waals surface area contributed by atoms with E-state index in [-0.39, 0.29) is 0 Å². The summed E-state index contributed by atoms with van der Waals surface area (Å²) in [6, 6.07) is 4.22. The van der Waals surface area contributed by atoms with Crippen LogP contribution in [0.15, 0.2) is 16.6 Å². The molecule has 1 aromatic carbocycles. The normalized spacial score (nSPS) is 20.1. The van der Waals surface area contributed by atoms with Crippen molar-refractivity contribution in [3.63, 3.8) is 0 Å². The van der Waals surface area contributed by atoms with Crippen molar-refractivity contribution >= 4 is 27.7 Å². The zero-order valence-corrected chi connectivity index (χ0v) is 12.2. The van der Waals surface area contributed by atoms with E-state index in [1.54, 1.807) is 0 Å². The Bertz CT molecular complexity index is 349. The molecule has 0 aromatic heterocycles. The summed E-state index contributed by atoms with van der Waals surface area (Å²) in [6.07, 6.45) is 1.30. The molecule has 1 saturated heterocycles. The Morgan fingerprint density at radius 1 is 1.38 bits per heavy atom. The van der Waals surface area contributed by atoms with Crippen molar-refractivity contribution in [2.75, 3.05) is 18.1 Å². The van der Waals surface area contributed by atoms with Crippen molar-refractivity contribution in [1.29, 1.82) is 0 Å². The molecule has 0 bridgehead atoms. The Morgan fingerprint density at radius 3 is 2.62 bits per heavy atom. The summed E-state index contributed by atoms with van der Waals surface area (Å²) >= 11 is 5.61. The summed E-state index contributed by atoms with van der Waals surface area (Å²) in [7, 11) is 0. The van der Waals surface area contributed by atoms with E-state index in [2.05, 4.69) is 41.9 Å². The van der Waals surface area contributed by atoms with Crippen LogP contribution >= 0.6 is 27.7 Å². The number of benzene rings is 1. The maximum absolute atomic E-state index is 5.87. The molecule has 16 heavy (non-hydrogen) atoms. The lowest BCUT2D eigenvalue weighted by atomic mass is 10.1. The second-order valence-electron chi connectivity index (χ2n) is 4.41. The van der Waals surface area contributed by atoms with Crippen LogP contribution in [0.25, 0.3) is 0 Å². The zero-order valence-electron chi connectivity index (χ0n) is 9.75. The molecule has 1 aliphatic rings. The van der Waals surface area contributed by atoms with Crippen LogP contribution in [0.2, 0.25) is 0 Å². The zero-order chi connectivity index (χ0) is 11.5. The molecule has 2 rings (SSSR count). The third-order valence-corrected chi connectivity index (χ3v) is 5.40. The molecule has 88 valence electrons. The molecule has 1 atom stereocenters. The van der Waals surface area contributed by atoms with Crippen LogP contribution in [0.5, 0.6) is 5.75 Å². The van der Waals surface area contributed by atoms with Gasteiger partial charge in [0.1, 0.15) is 5.75 Å². The van der Waals surface area contributed by atoms with Gasteiger partial charge in [0.15, 0.2) is 0 Å². The Balaban J connectivity index is 1.98. The quantitative estimate of drug-likeness (QED) is 0.827. The Kier molecular flexibility index (Phi) is 4.20. The van der Waals surface area contributed by atoms with Crippen molar-refractivity contribution in [2.45, 2.75) is 20.3 Å². The van der Waals surface area contributed by atoms with Gasteiger partial charge < -0.3 is 4.74 Å². The molecule has 1 nitrogen and oxygen atoms in total. The smallest absolute Gasteiger partial charge is 0.119 e. The van der Waals surface area contributed by atoms with E-state index >= 15 is 0 Å². The number of ether oxygens (including phenoxy) is 1. The highest BCUT2D eigenvalue weighted by Crippen LogP contribution is 2.28. The van der Waals surface area contributed by atoms with Gasteiger partial charge in [-0.2, -0.15) is 11.8 Å². The van der Waals surface area contributed by atoms with Crippen LogP contribution in [0.1, 0.15) is 17.5 Å². The molecule has 0 radical (unpaired) electrons. The lowest BCUT2D eigenvalue weighted by Gasteiger charge is -2.13. The molecule has 1 heterocycles. The Labute approximate surface area is 110 Å². The monoisotopic (exact) mass is 300 g/mol. The fourth-order valence-corrected chi connectivity index (χ4v) is 3.41. The van der Waals surface area contributed by atoms with Gasteiger partial charge in [0.05, 0.1) is 6.61 Å². The van der Waals surface area contributed by atoms with Crippen LogP contribution in [0.4, 0.5) is 0 Å². The molecule has 1 aromatic rings. The van der Waals surface area contributed by atoms with Gasteiger partial charge in [-0.1, -0.05) is 15.9 Å². The van der Waals surface area contributed by atoms with E-state index in [4.69, 9.17) is 4.74 Å². The maximum Gasteiger partial charge on any atom is 0.119 e. The summed E-state index contributed by atoms with van der Waals surface area (Å²) in [4.78, 5) is 0. The van der Waals surface area contributed by atoms with E-state index < -0.39 is 0 Å². The first-order valence-corrected chi connectivity index (χ1v) is 7.59. The van der Waals surface area contributed by atoms with Crippen molar-refractivity contribution in [2.24, 2.45) is 5.92 Å². The predicted octanol–water partition coefficient (Wildman–Crippen LogP) is 4.20. The predicted molar refractivity (Wildman–Crippen MR) is 74.5 cm³/mol. The van der Waals surface area contributed by atoms with Gasteiger partial charge in [-0.05, 0) is 55.0 Å². The fourth-order valence-electron chi connectivity index (χ4n) is 1.92. The Morgan fingerprint density at radius 2 is 2.06 bits per heavy atom. The molecule has 1 unspecified atom stereocenters. The first-order chi connectivity index (χ1) is 7.66. The minimum absolute atomic E-state index is 0.745. The Hall–Kier alpha value is -0.150. The van der Waals surface area contributed by atoms with Gasteiger partial charge in [0.25, 0.3) is 0 Å². The van der Waals surface area contributed by atoms with Gasteiger partial charge in [0.2, 0.25) is 0 Å². The summed E-state index contributed by atoms with van der Waals surface area (Å²) in [5.41, 5.74) is 2.49. The van der Waals surface area contributed by atoms with Gasteiger partial charge in [0, 0.05) is 10.4 Å². The summed E-state index contributed by atoms with van der Waals surface area (Å²) in [6.45, 7) is 5.08. The average molecular weight is 301 g/mol. The lowest BCUT2D eigenvalue weighted by Crippen LogP contribution is -2.11. The molecule has 0 N–H and O–H groups in total. The molecular formula is C13H17BrOS. The first-order valence-electron chi connectivity index (χ1n) is 5.64. The van der Waals surface area contributed by atoms with Crippen LogP contribution in [-0.2, 0) is 0 Å². The van der Waals surface area contributed by atoms with E-state index in [9.17, 15) is 0 Å². The molecule has 0 saturated carbocycles. The first kappa shape index (κ1) is 12.3. The fraction of sp³-hybridized carbons (Fsp3) is 0.538. The number of aryl methyl sites for hydroxylation is 2. The standard InChI is InChI=1S/C13H17BrOS/c1-9-5-12(6-10(2)13(9)14)15-7-11-3-4-16-8-11/h5-6,11H,3-4,7-8H2,1-2H3. The highest BCUT2D eigenvalue weighted by molar-refractivity contribution is 9.10. The highest BCUT2D eigenvalue weighted by Gasteiger charge is 2.16. The largest absolute Gasteiger partial charge is 0.493 e. The molecular weight excluding hydrogens is 284 g/mol. The third-order valence-electron chi connectivity index (χ3n) is 2.92. The SMILES string of the molecule is Cc1cc(OCC2CCSC2)cc(C)c1Br. The molecule has 0 spiro atoms. The van der Waals surface area contributed by atoms with E-state index in [1.165, 1.54) is 33.5 Å². The van der Waals surface area contributed by atoms with Gasteiger partial charge in [-0.15, -0.1) is 0 Å². The maximum atomic E-state index is 5.87. The number of hydrogen-bond acceptors (Lipinski definition) is 2. The van der Waals surface area contributed by atoms with Crippen molar-refractivity contribution in [3.05, 3.63) is 27.7 Å². The number of hydrogen-bond donors (Lipinski definition) is 0. The van der Waals surface area contributed by atoms with Crippen LogP contribution in [-0.4, -0.2) is 18.1 Å². The van der Waals surface area contributed by atoms with Crippen molar-refractivity contribution in [1.82, 2.24) is 0 Å². The second-order valence-corrected chi connectivity index (χ2v) is 6.35. The minimum Gasteiger partial charge on any atom is -0.493 e. The number of thioether (sulfide) groups is 1. The molecule has 3 heteroatoms. The summed E-state index contributed by atoms with van der Waals surface area (Å²) in [5.74, 6) is 4.31. The van der Waals surface area contributed by atoms with Crippen LogP contribution < -0.4 is 4.74 Å². The van der Waals surface area contributed by atoms with Crippen LogP contribution in [0.3, 0.4) is 0 Å². The van der Waals surface area contributed by atoms with E-state index in [1.807, 2.05) is 11.8 Å². The van der Waals surface area contributed by atoms with Crippen LogP contribution in [0, 0.1) is 19.8 Å². The van der Waals surface area contributed by atoms with Gasteiger partial charge in [-0.25, -0.2) is 0 Å². The molecule has 0 aliphatic carbocycles. The second kappa shape index (κ2) is 5.46. The van der Waals surface area contributed by atoms with Crippen molar-refractivity contribution in [3.8, 4) is 5.75 Å². The minimum atomic E-state index is 0.745. The number of rotatable bonds is 3. The summed E-state index contributed by atoms with van der Waals surface area (Å²) < 4.78 is 7.06. The van der Waals surface area contributed by atoms with Gasteiger partial charge in [-0.3, -0.25) is 0 Å². The van der Waals surface area contributed by atoms with Crippen molar-refractivity contribution < 1.29 is 4.74 Å². The third kappa shape index (κ3) is 2.95. The average Bonchev–Trinajstić information content (AvgIpc) is 2.75. The molecule has 1 fully saturated rings. The lowest BCUT2D eigenvalue weighted by molar-refractivity contribution is 0.263. The van der Waals surface area contributed by atoms with E-state index in [0.29, 0.717) is 0 Å². The van der Waals surface area contributed by atoms with E-state index in [0.717, 1.165) is 18.3 Å². The molecule has 1 aliphatic heterocycles. The highest BCUT2D eigenvalue weighted by atomic mass is 79.9. The van der Waals surface area contributed by atoms with Gasteiger partial charge >= 0.3 is 0 Å².